The van der Waals surface area contributed by atoms with Crippen LogP contribution in [0.4, 0.5) is 0 Å². The normalized spacial score (nSPS) is 14.7. The number of carboxylic acids is 4. The number of aliphatic hydroxyl groups is 1. The maximum Gasteiger partial charge on any atom is 0.326 e. The van der Waals surface area contributed by atoms with Gasteiger partial charge in [0.25, 0.3) is 0 Å². The van der Waals surface area contributed by atoms with Gasteiger partial charge in [0.05, 0.1) is 25.5 Å². The maximum absolute atomic E-state index is 14.5. The number of thioether (sulfide) groups is 1. The zero-order valence-corrected chi connectivity index (χ0v) is 70.6. The number of primary amides is 1. The predicted octanol–water partition coefficient (Wildman–Crippen LogP) is -10.8. The van der Waals surface area contributed by atoms with Crippen LogP contribution in [0.5, 0.6) is 0 Å². The van der Waals surface area contributed by atoms with Gasteiger partial charge in [-0.05, 0) is 128 Å². The van der Waals surface area contributed by atoms with Crippen LogP contribution >= 0.6 is 49.6 Å². The quantitative estimate of drug-likeness (QED) is 0.0116. The number of hydrogen-bond donors (Lipinski definition) is 30. The van der Waals surface area contributed by atoms with E-state index in [9.17, 15) is 112 Å². The number of aliphatic carboxylic acids is 4. The van der Waals surface area contributed by atoms with E-state index in [0.29, 0.717) is 0 Å². The minimum absolute atomic E-state index is 0.00470. The Morgan fingerprint density at radius 2 is 0.667 bits per heavy atom. The first kappa shape index (κ1) is 110. The lowest BCUT2D eigenvalue weighted by molar-refractivity contribution is -0.144. The second kappa shape index (κ2) is 60.2. The van der Waals surface area contributed by atoms with E-state index in [1.807, 2.05) is 0 Å². The number of nitrogens with two attached hydrogens (primary N) is 8. The summed E-state index contributed by atoms with van der Waals surface area (Å²) < 4.78 is 0. The first-order valence-corrected chi connectivity index (χ1v) is 41.3. The molecule has 0 spiro atoms. The number of aliphatic imine (C=N–C) groups is 2. The lowest BCUT2D eigenvalue weighted by Gasteiger charge is -2.28. The average Bonchev–Trinajstić information content (AvgIpc) is 0.855. The van der Waals surface area contributed by atoms with E-state index in [1.165, 1.54) is 18.7 Å². The van der Waals surface area contributed by atoms with Crippen molar-refractivity contribution in [2.75, 3.05) is 62.0 Å². The lowest BCUT2D eigenvalue weighted by atomic mass is 10.0. The molecule has 0 heterocycles. The highest BCUT2D eigenvalue weighted by Crippen LogP contribution is 2.14. The molecule has 0 aliphatic heterocycles. The van der Waals surface area contributed by atoms with E-state index in [1.54, 1.807) is 20.1 Å². The lowest BCUT2D eigenvalue weighted by Crippen LogP contribution is -2.61. The topological polar surface area (TPSA) is 827 Å². The number of rotatable bonds is 64. The summed E-state index contributed by atoms with van der Waals surface area (Å²) in [6, 6.07) is -23.4. The molecule has 0 aromatic carbocycles. The Bertz CT molecular complexity index is 3510. The molecule has 15 atom stereocenters. The van der Waals surface area contributed by atoms with E-state index in [4.69, 9.17) is 51.0 Å². The Morgan fingerprint density at radius 1 is 0.367 bits per heavy atom. The molecule has 680 valence electrons. The number of carboxylic acid groups (broad SMARTS) is 4. The SMILES string of the molecule is CSCC[C@H](NC(=O)[C@H](CCCN=C(N)N)NC(=O)[C@H](CC(C)C)NC(=O)[C@H](CS)NC(=O)CNC(=O)[C@@H](N)[C@@H](C)O)C(=O)N[C@@H](CCCCN)C(=O)N[C@@H](CC(=O)O)C(=O)N[C@@H](CCC(N)=O)C(=O)N[C@@H](CS)C(=O)N[C@@H](CC(=O)O)C(=O)N[C@@H](CCCCN)C(=O)N[C@@H](CS)C(=O)N[C@@H](CCCN=C(N)N)C(=O)N[C@@H](CCC(=O)O)C(=O)O. The maximum atomic E-state index is 14.5. The number of hydrogen-bond acceptors (Lipinski definition) is 29. The van der Waals surface area contributed by atoms with E-state index in [2.05, 4.69) is 122 Å². The number of amides is 15. The summed E-state index contributed by atoms with van der Waals surface area (Å²) in [4.78, 5) is 262. The molecular formula is C68H120N24O24S4. The highest BCUT2D eigenvalue weighted by atomic mass is 32.2. The van der Waals surface area contributed by atoms with Crippen molar-refractivity contribution in [3.05, 3.63) is 0 Å². The van der Waals surface area contributed by atoms with Crippen LogP contribution in [-0.2, 0) is 91.1 Å². The van der Waals surface area contributed by atoms with Gasteiger partial charge < -0.3 is 146 Å². The van der Waals surface area contributed by atoms with Crippen LogP contribution in [0.15, 0.2) is 9.98 Å². The van der Waals surface area contributed by atoms with Gasteiger partial charge in [-0.1, -0.05) is 13.8 Å². The molecule has 0 saturated heterocycles. The van der Waals surface area contributed by atoms with Gasteiger partial charge in [-0.3, -0.25) is 96.3 Å². The van der Waals surface area contributed by atoms with Crippen LogP contribution in [0, 0.1) is 5.92 Å². The molecule has 0 fully saturated rings. The van der Waals surface area contributed by atoms with Crippen LogP contribution in [0.2, 0.25) is 0 Å². The van der Waals surface area contributed by atoms with Crippen molar-refractivity contribution < 1.29 is 117 Å². The Balaban J connectivity index is 7.19. The van der Waals surface area contributed by atoms with E-state index < -0.39 is 260 Å². The van der Waals surface area contributed by atoms with Gasteiger partial charge in [-0.2, -0.15) is 49.6 Å². The molecule has 35 N–H and O–H groups in total. The van der Waals surface area contributed by atoms with Crippen molar-refractivity contribution in [2.45, 2.75) is 227 Å². The molecule has 0 rings (SSSR count). The summed E-state index contributed by atoms with van der Waals surface area (Å²) in [6.45, 7) is 4.02. The molecule has 0 aromatic heterocycles. The number of unbranched alkanes of at least 4 members (excludes halogenated alkanes) is 2. The summed E-state index contributed by atoms with van der Waals surface area (Å²) in [5.74, 6) is -25.1. The van der Waals surface area contributed by atoms with E-state index in [-0.39, 0.29) is 133 Å². The molecule has 0 aliphatic carbocycles. The Labute approximate surface area is 712 Å². The highest BCUT2D eigenvalue weighted by molar-refractivity contribution is 7.98. The fraction of sp³-hybridized carbons (Fsp3) is 0.691. The molecular weight excluding hydrogens is 1670 g/mol. The zero-order chi connectivity index (χ0) is 91.5. The predicted molar refractivity (Wildman–Crippen MR) is 445 cm³/mol. The highest BCUT2D eigenvalue weighted by Gasteiger charge is 2.39. The molecule has 0 unspecified atom stereocenters. The van der Waals surface area contributed by atoms with Crippen LogP contribution in [0.1, 0.15) is 136 Å². The average molecular weight is 1790 g/mol. The summed E-state index contributed by atoms with van der Waals surface area (Å²) in [6.07, 6.45) is -4.98. The molecule has 0 bridgehead atoms. The fourth-order valence-electron chi connectivity index (χ4n) is 10.7. The van der Waals surface area contributed by atoms with Crippen molar-refractivity contribution in [2.24, 2.45) is 61.8 Å². The largest absolute Gasteiger partial charge is 0.481 e. The number of aliphatic hydroxyl groups excluding tert-OH is 1. The van der Waals surface area contributed by atoms with Crippen molar-refractivity contribution in [1.82, 2.24) is 74.4 Å². The summed E-state index contributed by atoms with van der Waals surface area (Å²) in [5.41, 5.74) is 44.3. The first-order chi connectivity index (χ1) is 56.4. The van der Waals surface area contributed by atoms with Crippen LogP contribution < -0.4 is 120 Å². The molecule has 120 heavy (non-hydrogen) atoms. The minimum atomic E-state index is -2.12. The van der Waals surface area contributed by atoms with E-state index >= 15 is 0 Å². The Kier molecular flexibility index (Phi) is 55.1. The zero-order valence-electron chi connectivity index (χ0n) is 67.1. The second-order valence-corrected chi connectivity index (χ2v) is 29.8. The number of nitrogens with zero attached hydrogens (tertiary/aromatic N) is 2. The molecule has 0 aromatic rings. The standard InChI is InChI=1S/C68H120N24O24S4/c1-32(2)25-41(88-62(111)44(29-117)80-48(95)28-79-65(114)52(72)33(3)93)59(108)83-36(13-9-22-77-67(73)74)53(102)86-39(19-24-120-4)58(107)81-34(11-5-7-20-69)55(104)89-42(26-50(98)99)61(110)85-38(15-17-47(71)94)57(106)92-46(31-119)64(113)90-43(27-51(100)101)60(109)82-35(12-6-8-21-70)56(105)91-45(30-118)63(112)84-37(14-10-23-78-68(75)76)54(103)87-40(66(115)116)16-18-49(96)97/h32-46,52,93,117-119H,5-31,69-70,72H2,1-4H3,(H2,71,94)(H,79,114)(H,80,95)(H,81,107)(H,82,109)(H,83,108)(H,84,112)(H,85,110)(H,86,102)(H,87,103)(H,88,111)(H,89,104)(H,90,113)(H,91,105)(H,92,106)(H,96,97)(H,98,99)(H,100,101)(H,115,116)(H4,73,74,77)(H4,75,76,78)/t33-,34+,35+,36+,37+,38+,39+,40+,41+,42+,43+,44+,45+,46+,52+/m1/s1. The molecule has 48 nitrogen and oxygen atoms in total. The fourth-order valence-corrected chi connectivity index (χ4v) is 12.0. The van der Waals surface area contributed by atoms with Gasteiger partial charge in [0, 0.05) is 43.2 Å². The molecule has 0 radical (unpaired) electrons. The molecule has 0 aliphatic rings. The molecule has 15 amide bonds. The second-order valence-electron chi connectivity index (χ2n) is 27.7. The first-order valence-electron chi connectivity index (χ1n) is 38.0. The van der Waals surface area contributed by atoms with Gasteiger partial charge in [0.2, 0.25) is 88.6 Å². The van der Waals surface area contributed by atoms with Crippen LogP contribution in [0.25, 0.3) is 0 Å². The number of carbonyl (C=O) groups is 19. The van der Waals surface area contributed by atoms with Gasteiger partial charge in [-0.25, -0.2) is 4.79 Å². The Morgan fingerprint density at radius 3 is 0.983 bits per heavy atom. The van der Waals surface area contributed by atoms with Gasteiger partial charge in [0.1, 0.15) is 84.6 Å². The smallest absolute Gasteiger partial charge is 0.326 e. The number of guanidine groups is 2. The summed E-state index contributed by atoms with van der Waals surface area (Å²) in [7, 11) is 0. The number of thiol groups is 3. The van der Waals surface area contributed by atoms with Crippen molar-refractivity contribution >= 4 is 174 Å². The van der Waals surface area contributed by atoms with Gasteiger partial charge in [0.15, 0.2) is 11.9 Å². The monoisotopic (exact) mass is 1780 g/mol. The van der Waals surface area contributed by atoms with Crippen molar-refractivity contribution in [3.63, 3.8) is 0 Å². The number of carbonyl (C=O) groups excluding carboxylic acids is 15. The Hall–Kier alpha value is -10.3. The third-order valence-electron chi connectivity index (χ3n) is 17.2. The molecule has 0 saturated carbocycles. The van der Waals surface area contributed by atoms with Crippen molar-refractivity contribution in [1.29, 1.82) is 0 Å². The third kappa shape index (κ3) is 46.3. The van der Waals surface area contributed by atoms with Gasteiger partial charge in [-0.15, -0.1) is 0 Å². The van der Waals surface area contributed by atoms with Crippen molar-refractivity contribution in [3.8, 4) is 0 Å². The van der Waals surface area contributed by atoms with E-state index in [0.717, 1.165) is 0 Å². The molecule has 52 heteroatoms. The third-order valence-corrected chi connectivity index (χ3v) is 18.9. The minimum Gasteiger partial charge on any atom is -0.481 e. The summed E-state index contributed by atoms with van der Waals surface area (Å²) in [5, 5.41) is 81.4. The number of nitrogens with one attached hydrogen (secondary N) is 14. The van der Waals surface area contributed by atoms with Gasteiger partial charge >= 0.3 is 23.9 Å². The van der Waals surface area contributed by atoms with Crippen LogP contribution in [-0.4, -0.2) is 303 Å². The van der Waals surface area contributed by atoms with Crippen LogP contribution in [0.3, 0.4) is 0 Å². The summed E-state index contributed by atoms with van der Waals surface area (Å²) >= 11 is 13.7.